The highest BCUT2D eigenvalue weighted by Crippen LogP contribution is 2.15. The van der Waals surface area contributed by atoms with Gasteiger partial charge in [-0.2, -0.15) is 0 Å². The van der Waals surface area contributed by atoms with E-state index in [1.807, 2.05) is 0 Å². The minimum absolute atomic E-state index is 0.00623. The van der Waals surface area contributed by atoms with Crippen LogP contribution in [-0.4, -0.2) is 12.6 Å². The van der Waals surface area contributed by atoms with Crippen molar-refractivity contribution in [1.82, 2.24) is 0 Å². The fourth-order valence-corrected chi connectivity index (χ4v) is 4.98. The first-order valence-corrected chi connectivity index (χ1v) is 16.6. The molecule has 0 aromatic rings. The van der Waals surface area contributed by atoms with E-state index in [4.69, 9.17) is 4.74 Å². The maximum absolute atomic E-state index is 11.7. The predicted octanol–water partition coefficient (Wildman–Crippen LogP) is 12.0. The largest absolute Gasteiger partial charge is 0.466 e. The van der Waals surface area contributed by atoms with E-state index < -0.39 is 0 Å². The van der Waals surface area contributed by atoms with Crippen molar-refractivity contribution in [3.8, 4) is 0 Å². The van der Waals surface area contributed by atoms with Crippen LogP contribution in [0.3, 0.4) is 0 Å². The van der Waals surface area contributed by atoms with Gasteiger partial charge in [-0.25, -0.2) is 0 Å². The third-order valence-electron chi connectivity index (χ3n) is 7.42. The number of allylic oxidation sites excluding steroid dienone is 2. The maximum Gasteiger partial charge on any atom is 0.305 e. The first-order valence-electron chi connectivity index (χ1n) is 16.6. The van der Waals surface area contributed by atoms with Gasteiger partial charge in [0.1, 0.15) is 0 Å². The topological polar surface area (TPSA) is 26.3 Å². The predicted molar refractivity (Wildman–Crippen MR) is 161 cm³/mol. The molecule has 0 unspecified atom stereocenters. The van der Waals surface area contributed by atoms with E-state index in [2.05, 4.69) is 26.0 Å². The minimum Gasteiger partial charge on any atom is -0.466 e. The van der Waals surface area contributed by atoms with Crippen molar-refractivity contribution in [1.29, 1.82) is 0 Å². The lowest BCUT2D eigenvalue weighted by Gasteiger charge is -2.05. The van der Waals surface area contributed by atoms with Crippen LogP contribution in [-0.2, 0) is 9.53 Å². The number of esters is 1. The lowest BCUT2D eigenvalue weighted by Crippen LogP contribution is -2.05. The fourth-order valence-electron chi connectivity index (χ4n) is 4.98. The van der Waals surface area contributed by atoms with E-state index in [1.165, 1.54) is 148 Å². The van der Waals surface area contributed by atoms with Gasteiger partial charge in [-0.15, -0.1) is 0 Å². The molecule has 2 heteroatoms. The molecule has 0 spiro atoms. The van der Waals surface area contributed by atoms with Gasteiger partial charge in [-0.1, -0.05) is 174 Å². The van der Waals surface area contributed by atoms with Crippen molar-refractivity contribution < 1.29 is 9.53 Å². The third-order valence-corrected chi connectivity index (χ3v) is 7.42. The van der Waals surface area contributed by atoms with E-state index in [0.29, 0.717) is 13.0 Å². The number of carbonyl (C=O) groups excluding carboxylic acids is 1. The van der Waals surface area contributed by atoms with Gasteiger partial charge in [0, 0.05) is 6.42 Å². The van der Waals surface area contributed by atoms with Crippen molar-refractivity contribution in [3.63, 3.8) is 0 Å². The summed E-state index contributed by atoms with van der Waals surface area (Å²) in [7, 11) is 0. The van der Waals surface area contributed by atoms with Crippen LogP contribution in [0.4, 0.5) is 0 Å². The lowest BCUT2D eigenvalue weighted by atomic mass is 10.0. The van der Waals surface area contributed by atoms with Crippen molar-refractivity contribution >= 4 is 5.97 Å². The number of hydrogen-bond donors (Lipinski definition) is 0. The zero-order valence-electron chi connectivity index (χ0n) is 25.0. The van der Waals surface area contributed by atoms with Gasteiger partial charge in [-0.05, 0) is 25.7 Å². The second-order valence-electron chi connectivity index (χ2n) is 11.1. The van der Waals surface area contributed by atoms with Crippen molar-refractivity contribution in [3.05, 3.63) is 12.2 Å². The summed E-state index contributed by atoms with van der Waals surface area (Å²) >= 11 is 0. The molecule has 0 rings (SSSR count). The van der Waals surface area contributed by atoms with Crippen LogP contribution in [0.2, 0.25) is 0 Å². The van der Waals surface area contributed by atoms with Gasteiger partial charge < -0.3 is 4.74 Å². The molecule has 0 aromatic carbocycles. The van der Waals surface area contributed by atoms with Crippen molar-refractivity contribution in [2.75, 3.05) is 6.61 Å². The zero-order chi connectivity index (χ0) is 26.2. The molecule has 0 saturated heterocycles. The van der Waals surface area contributed by atoms with Crippen molar-refractivity contribution in [2.24, 2.45) is 0 Å². The summed E-state index contributed by atoms with van der Waals surface area (Å²) in [6.45, 7) is 5.01. The third kappa shape index (κ3) is 31.2. The summed E-state index contributed by atoms with van der Waals surface area (Å²) in [4.78, 5) is 11.7. The standard InChI is InChI=1S/C34H66O2/c1-3-5-7-9-10-11-12-13-14-15-16-17-18-19-20-21-22-23-24-25-26-27-28-30-32-34(35)36-33-31-29-8-6-4-2/h6,8H,3-5,7,9-33H2,1-2H3/b8-6+. The Bertz CT molecular complexity index is 442. The van der Waals surface area contributed by atoms with Crippen LogP contribution in [0, 0.1) is 0 Å². The van der Waals surface area contributed by atoms with Crippen LogP contribution < -0.4 is 0 Å². The fraction of sp³-hybridized carbons (Fsp3) is 0.912. The lowest BCUT2D eigenvalue weighted by molar-refractivity contribution is -0.143. The molecule has 0 bridgehead atoms. The summed E-state index contributed by atoms with van der Waals surface area (Å²) in [5, 5.41) is 0. The monoisotopic (exact) mass is 507 g/mol. The Hall–Kier alpha value is -0.790. The van der Waals surface area contributed by atoms with E-state index in [9.17, 15) is 4.79 Å². The van der Waals surface area contributed by atoms with Gasteiger partial charge in [0.25, 0.3) is 0 Å². The summed E-state index contributed by atoms with van der Waals surface area (Å²) in [6.07, 6.45) is 41.6. The van der Waals surface area contributed by atoms with E-state index >= 15 is 0 Å². The van der Waals surface area contributed by atoms with E-state index in [1.54, 1.807) is 0 Å². The molecule has 36 heavy (non-hydrogen) atoms. The van der Waals surface area contributed by atoms with Crippen LogP contribution in [0.1, 0.15) is 194 Å². The molecule has 0 aliphatic heterocycles. The number of ether oxygens (including phenoxy) is 1. The van der Waals surface area contributed by atoms with Gasteiger partial charge >= 0.3 is 5.97 Å². The van der Waals surface area contributed by atoms with Gasteiger partial charge in [-0.3, -0.25) is 4.79 Å². The molecule has 0 radical (unpaired) electrons. The highest BCUT2D eigenvalue weighted by Gasteiger charge is 2.02. The summed E-state index contributed by atoms with van der Waals surface area (Å²) < 4.78 is 5.30. The highest BCUT2D eigenvalue weighted by atomic mass is 16.5. The smallest absolute Gasteiger partial charge is 0.305 e. The summed E-state index contributed by atoms with van der Waals surface area (Å²) in [5.41, 5.74) is 0. The van der Waals surface area contributed by atoms with Crippen LogP contribution in [0.5, 0.6) is 0 Å². The van der Waals surface area contributed by atoms with Crippen LogP contribution in [0.15, 0.2) is 12.2 Å². The second kappa shape index (κ2) is 32.2. The molecule has 0 heterocycles. The molecule has 0 N–H and O–H groups in total. The Morgan fingerprint density at radius 1 is 0.472 bits per heavy atom. The average molecular weight is 507 g/mol. The number of hydrogen-bond acceptors (Lipinski definition) is 2. The van der Waals surface area contributed by atoms with Gasteiger partial charge in [0.05, 0.1) is 6.61 Å². The molecular formula is C34H66O2. The Kier molecular flexibility index (Phi) is 31.5. The summed E-state index contributed by atoms with van der Waals surface area (Å²) in [5.74, 6) is -0.00623. The molecule has 0 aliphatic carbocycles. The molecule has 0 aromatic heterocycles. The zero-order valence-corrected chi connectivity index (χ0v) is 25.0. The molecule has 0 aliphatic rings. The highest BCUT2D eigenvalue weighted by molar-refractivity contribution is 5.69. The maximum atomic E-state index is 11.7. The first-order chi connectivity index (χ1) is 17.8. The second-order valence-corrected chi connectivity index (χ2v) is 11.1. The van der Waals surface area contributed by atoms with Gasteiger partial charge in [0.2, 0.25) is 0 Å². The van der Waals surface area contributed by atoms with Gasteiger partial charge in [0.15, 0.2) is 0 Å². The van der Waals surface area contributed by atoms with E-state index in [0.717, 1.165) is 25.7 Å². The minimum atomic E-state index is -0.00623. The van der Waals surface area contributed by atoms with Crippen LogP contribution in [0.25, 0.3) is 0 Å². The normalized spacial score (nSPS) is 11.5. The number of carbonyl (C=O) groups is 1. The summed E-state index contributed by atoms with van der Waals surface area (Å²) in [6, 6.07) is 0. The molecule has 0 saturated carbocycles. The Morgan fingerprint density at radius 2 is 0.833 bits per heavy atom. The molecule has 0 atom stereocenters. The van der Waals surface area contributed by atoms with Crippen molar-refractivity contribution in [2.45, 2.75) is 194 Å². The molecular weight excluding hydrogens is 440 g/mol. The average Bonchev–Trinajstić information content (AvgIpc) is 2.88. The Morgan fingerprint density at radius 3 is 1.19 bits per heavy atom. The SMILES string of the molecule is CC/C=C/CCCOC(=O)CCCCCCCCCCCCCCCCCCCCCCCCCC. The molecule has 0 fully saturated rings. The number of rotatable bonds is 30. The quantitative estimate of drug-likeness (QED) is 0.0550. The van der Waals surface area contributed by atoms with E-state index in [-0.39, 0.29) is 5.97 Å². The molecule has 2 nitrogen and oxygen atoms in total. The Balaban J connectivity index is 3.11. The number of unbranched alkanes of at least 4 members (excludes halogenated alkanes) is 24. The Labute approximate surface area is 227 Å². The first kappa shape index (κ1) is 35.2. The molecule has 214 valence electrons. The van der Waals surface area contributed by atoms with Crippen LogP contribution >= 0.6 is 0 Å². The molecule has 0 amide bonds.